The lowest BCUT2D eigenvalue weighted by Crippen LogP contribution is -2.49. The third kappa shape index (κ3) is 2.45. The Morgan fingerprint density at radius 1 is 1.50 bits per heavy atom. The van der Waals surface area contributed by atoms with Crippen molar-refractivity contribution in [2.45, 2.75) is 32.4 Å². The van der Waals surface area contributed by atoms with E-state index in [1.165, 1.54) is 0 Å². The summed E-state index contributed by atoms with van der Waals surface area (Å²) in [7, 11) is 1.55. The summed E-state index contributed by atoms with van der Waals surface area (Å²) >= 11 is 0. The van der Waals surface area contributed by atoms with E-state index in [0.29, 0.717) is 5.92 Å². The Hall–Kier alpha value is -0.610. The fourth-order valence-electron chi connectivity index (χ4n) is 1.44. The molecule has 1 rings (SSSR count). The van der Waals surface area contributed by atoms with E-state index in [-0.39, 0.29) is 11.9 Å². The van der Waals surface area contributed by atoms with Gasteiger partial charge in [-0.3, -0.25) is 4.79 Å². The van der Waals surface area contributed by atoms with E-state index < -0.39 is 5.60 Å². The molecule has 0 bridgehead atoms. The smallest absolute Gasteiger partial charge is 0.251 e. The molecule has 1 saturated heterocycles. The summed E-state index contributed by atoms with van der Waals surface area (Å²) in [4.78, 5) is 11.7. The molecule has 14 heavy (non-hydrogen) atoms. The largest absolute Gasteiger partial charge is 0.369 e. The monoisotopic (exact) mass is 200 g/mol. The molecule has 1 aliphatic rings. The van der Waals surface area contributed by atoms with Crippen LogP contribution in [0.25, 0.3) is 0 Å². The van der Waals surface area contributed by atoms with Crippen LogP contribution < -0.4 is 10.6 Å². The zero-order valence-corrected chi connectivity index (χ0v) is 9.39. The normalized spacial score (nSPS) is 27.7. The molecule has 2 unspecified atom stereocenters. The molecule has 0 spiro atoms. The van der Waals surface area contributed by atoms with Crippen molar-refractivity contribution >= 4 is 5.91 Å². The van der Waals surface area contributed by atoms with E-state index in [1.807, 2.05) is 0 Å². The SMILES string of the molecule is COC(C)(C)C(=O)NC1CNCC1C. The lowest BCUT2D eigenvalue weighted by molar-refractivity contribution is -0.140. The molecular formula is C10H20N2O2. The topological polar surface area (TPSA) is 50.4 Å². The highest BCUT2D eigenvalue weighted by molar-refractivity contribution is 5.84. The second-order valence-electron chi connectivity index (χ2n) is 4.43. The van der Waals surface area contributed by atoms with Gasteiger partial charge in [-0.1, -0.05) is 6.92 Å². The molecule has 2 N–H and O–H groups in total. The second kappa shape index (κ2) is 4.28. The highest BCUT2D eigenvalue weighted by Gasteiger charge is 2.32. The van der Waals surface area contributed by atoms with Crippen molar-refractivity contribution in [3.05, 3.63) is 0 Å². The van der Waals surface area contributed by atoms with Crippen LogP contribution in [0.1, 0.15) is 20.8 Å². The Bertz CT molecular complexity index is 216. The second-order valence-corrected chi connectivity index (χ2v) is 4.43. The molecule has 0 saturated carbocycles. The summed E-state index contributed by atoms with van der Waals surface area (Å²) in [6.07, 6.45) is 0. The molecule has 4 heteroatoms. The Morgan fingerprint density at radius 2 is 2.14 bits per heavy atom. The lowest BCUT2D eigenvalue weighted by Gasteiger charge is -2.25. The highest BCUT2D eigenvalue weighted by atomic mass is 16.5. The van der Waals surface area contributed by atoms with Crippen LogP contribution in [0.2, 0.25) is 0 Å². The Kier molecular flexibility index (Phi) is 3.50. The van der Waals surface area contributed by atoms with Gasteiger partial charge in [0.25, 0.3) is 5.91 Å². The van der Waals surface area contributed by atoms with Crippen molar-refractivity contribution in [3.63, 3.8) is 0 Å². The molecule has 82 valence electrons. The zero-order valence-electron chi connectivity index (χ0n) is 9.39. The van der Waals surface area contributed by atoms with Crippen LogP contribution in [0.4, 0.5) is 0 Å². The van der Waals surface area contributed by atoms with E-state index in [9.17, 15) is 4.79 Å². The number of nitrogens with one attached hydrogen (secondary N) is 2. The fourth-order valence-corrected chi connectivity index (χ4v) is 1.44. The number of hydrogen-bond acceptors (Lipinski definition) is 3. The van der Waals surface area contributed by atoms with Crippen molar-refractivity contribution in [2.24, 2.45) is 5.92 Å². The van der Waals surface area contributed by atoms with Gasteiger partial charge in [0.2, 0.25) is 0 Å². The van der Waals surface area contributed by atoms with Gasteiger partial charge in [-0.2, -0.15) is 0 Å². The minimum Gasteiger partial charge on any atom is -0.369 e. The van der Waals surface area contributed by atoms with Gasteiger partial charge >= 0.3 is 0 Å². The van der Waals surface area contributed by atoms with Gasteiger partial charge in [-0.25, -0.2) is 0 Å². The van der Waals surface area contributed by atoms with Crippen LogP contribution in [-0.2, 0) is 9.53 Å². The Balaban J connectivity index is 2.48. The van der Waals surface area contributed by atoms with Gasteiger partial charge in [0.15, 0.2) is 0 Å². The van der Waals surface area contributed by atoms with Crippen molar-refractivity contribution < 1.29 is 9.53 Å². The molecule has 1 heterocycles. The number of ether oxygens (including phenoxy) is 1. The van der Waals surface area contributed by atoms with Crippen LogP contribution >= 0.6 is 0 Å². The standard InChI is InChI=1S/C10H20N2O2/c1-7-5-11-6-8(7)12-9(13)10(2,3)14-4/h7-8,11H,5-6H2,1-4H3,(H,12,13). The summed E-state index contributed by atoms with van der Waals surface area (Å²) < 4.78 is 5.11. The van der Waals surface area contributed by atoms with Crippen molar-refractivity contribution in [1.82, 2.24) is 10.6 Å². The van der Waals surface area contributed by atoms with E-state index in [4.69, 9.17) is 4.74 Å². The first-order chi connectivity index (χ1) is 6.47. The molecule has 1 amide bonds. The molecule has 0 aromatic heterocycles. The van der Waals surface area contributed by atoms with Gasteiger partial charge in [0, 0.05) is 19.7 Å². The first kappa shape index (κ1) is 11.5. The quantitative estimate of drug-likeness (QED) is 0.681. The molecule has 0 aromatic rings. The van der Waals surface area contributed by atoms with E-state index in [1.54, 1.807) is 21.0 Å². The molecule has 0 aliphatic carbocycles. The Labute approximate surface area is 85.4 Å². The summed E-state index contributed by atoms with van der Waals surface area (Å²) in [5.74, 6) is 0.451. The number of amides is 1. The van der Waals surface area contributed by atoms with Gasteiger partial charge < -0.3 is 15.4 Å². The average Bonchev–Trinajstić information content (AvgIpc) is 2.52. The molecule has 1 fully saturated rings. The number of carbonyl (C=O) groups excluding carboxylic acids is 1. The molecule has 0 aromatic carbocycles. The van der Waals surface area contributed by atoms with Crippen LogP contribution in [-0.4, -0.2) is 37.7 Å². The van der Waals surface area contributed by atoms with Gasteiger partial charge in [-0.05, 0) is 26.3 Å². The van der Waals surface area contributed by atoms with Crippen molar-refractivity contribution in [2.75, 3.05) is 20.2 Å². The molecule has 2 atom stereocenters. The Morgan fingerprint density at radius 3 is 2.57 bits per heavy atom. The number of rotatable bonds is 3. The first-order valence-corrected chi connectivity index (χ1v) is 5.04. The minimum absolute atomic E-state index is 0.0412. The van der Waals surface area contributed by atoms with Crippen molar-refractivity contribution in [1.29, 1.82) is 0 Å². The predicted octanol–water partition coefficient (Wildman–Crippen LogP) is 0.136. The van der Waals surface area contributed by atoms with Gasteiger partial charge in [0.1, 0.15) is 5.60 Å². The van der Waals surface area contributed by atoms with Gasteiger partial charge in [0.05, 0.1) is 0 Å². The molecule has 0 radical (unpaired) electrons. The summed E-state index contributed by atoms with van der Waals surface area (Å²) in [5, 5.41) is 6.23. The summed E-state index contributed by atoms with van der Waals surface area (Å²) in [5.41, 5.74) is -0.734. The number of hydrogen-bond donors (Lipinski definition) is 2. The third-order valence-corrected chi connectivity index (χ3v) is 2.89. The first-order valence-electron chi connectivity index (χ1n) is 5.04. The predicted molar refractivity (Wildman–Crippen MR) is 55.1 cm³/mol. The van der Waals surface area contributed by atoms with Crippen molar-refractivity contribution in [3.8, 4) is 0 Å². The summed E-state index contributed by atoms with van der Waals surface area (Å²) in [6.45, 7) is 7.50. The molecule has 4 nitrogen and oxygen atoms in total. The third-order valence-electron chi connectivity index (χ3n) is 2.89. The van der Waals surface area contributed by atoms with Gasteiger partial charge in [-0.15, -0.1) is 0 Å². The lowest BCUT2D eigenvalue weighted by atomic mass is 10.0. The van der Waals surface area contributed by atoms with Crippen LogP contribution in [0.15, 0.2) is 0 Å². The van der Waals surface area contributed by atoms with Crippen LogP contribution in [0, 0.1) is 5.92 Å². The van der Waals surface area contributed by atoms with E-state index in [2.05, 4.69) is 17.6 Å². The van der Waals surface area contributed by atoms with Crippen LogP contribution in [0.3, 0.4) is 0 Å². The van der Waals surface area contributed by atoms with E-state index in [0.717, 1.165) is 13.1 Å². The maximum absolute atomic E-state index is 11.7. The summed E-state index contributed by atoms with van der Waals surface area (Å²) in [6, 6.07) is 0.233. The molecule has 1 aliphatic heterocycles. The highest BCUT2D eigenvalue weighted by Crippen LogP contribution is 2.12. The number of methoxy groups -OCH3 is 1. The maximum Gasteiger partial charge on any atom is 0.251 e. The molecular weight excluding hydrogens is 180 g/mol. The fraction of sp³-hybridized carbons (Fsp3) is 0.900. The number of carbonyl (C=O) groups is 1. The maximum atomic E-state index is 11.7. The zero-order chi connectivity index (χ0) is 10.8. The van der Waals surface area contributed by atoms with E-state index >= 15 is 0 Å². The van der Waals surface area contributed by atoms with Crippen LogP contribution in [0.5, 0.6) is 0 Å². The minimum atomic E-state index is -0.734. The average molecular weight is 200 g/mol.